The molecular weight excluding hydrogens is 904 g/mol. The van der Waals surface area contributed by atoms with Gasteiger partial charge >= 0.3 is 19.5 Å². The molecule has 6 N–H and O–H groups in total. The van der Waals surface area contributed by atoms with Crippen molar-refractivity contribution in [2.45, 2.75) is 44.3 Å². The third-order valence-electron chi connectivity index (χ3n) is 10.2. The third-order valence-corrected chi connectivity index (χ3v) is 10.9. The van der Waals surface area contributed by atoms with E-state index in [0.717, 1.165) is 48.7 Å². The second-order valence-corrected chi connectivity index (χ2v) is 15.4. The van der Waals surface area contributed by atoms with Gasteiger partial charge in [-0.3, -0.25) is 14.4 Å². The van der Waals surface area contributed by atoms with Crippen LogP contribution in [0.4, 0.5) is 32.2 Å². The van der Waals surface area contributed by atoms with E-state index in [1.165, 1.54) is 24.5 Å². The van der Waals surface area contributed by atoms with Gasteiger partial charge in [0.1, 0.15) is 17.8 Å². The highest BCUT2D eigenvalue weighted by atomic mass is 35.5. The molecule has 0 spiro atoms. The Balaban J connectivity index is 0.000000248. The number of carbonyl (C=O) groups is 3. The van der Waals surface area contributed by atoms with E-state index in [1.54, 1.807) is 46.0 Å². The van der Waals surface area contributed by atoms with Crippen LogP contribution in [-0.4, -0.2) is 72.6 Å². The number of hydrogen-bond donors (Lipinski definition) is 5. The quantitative estimate of drug-likeness (QED) is 0.0548. The van der Waals surface area contributed by atoms with E-state index >= 15 is 0 Å². The zero-order valence-electron chi connectivity index (χ0n) is 33.8. The highest BCUT2D eigenvalue weighted by Crippen LogP contribution is 2.35. The van der Waals surface area contributed by atoms with E-state index in [0.29, 0.717) is 52.5 Å². The molecule has 1 atom stereocenters. The highest BCUT2D eigenvalue weighted by Gasteiger charge is 2.33. The van der Waals surface area contributed by atoms with Crippen molar-refractivity contribution in [2.24, 2.45) is 0 Å². The van der Waals surface area contributed by atoms with E-state index in [2.05, 4.69) is 27.2 Å². The van der Waals surface area contributed by atoms with Crippen molar-refractivity contribution < 1.29 is 50.8 Å². The minimum absolute atomic E-state index is 0.0569. The first-order valence-corrected chi connectivity index (χ1v) is 20.2. The van der Waals surface area contributed by atoms with Crippen LogP contribution in [0.25, 0.3) is 22.3 Å². The van der Waals surface area contributed by atoms with Gasteiger partial charge in [-0.05, 0) is 71.9 Å². The summed E-state index contributed by atoms with van der Waals surface area (Å²) >= 11 is 11.7. The van der Waals surface area contributed by atoms with Gasteiger partial charge in [0.05, 0.1) is 43.7 Å². The summed E-state index contributed by atoms with van der Waals surface area (Å²) in [5, 5.41) is 28.2. The molecule has 0 radical (unpaired) electrons. The minimum atomic E-state index is -4.60. The van der Waals surface area contributed by atoms with Crippen molar-refractivity contribution in [1.82, 2.24) is 35.3 Å². The molecule has 0 unspecified atom stereocenters. The summed E-state index contributed by atoms with van der Waals surface area (Å²) in [6.07, 6.45) is -4.85. The van der Waals surface area contributed by atoms with Crippen molar-refractivity contribution >= 4 is 70.4 Å². The molecule has 1 saturated heterocycles. The van der Waals surface area contributed by atoms with E-state index in [4.69, 9.17) is 44.1 Å². The van der Waals surface area contributed by atoms with Crippen molar-refractivity contribution in [3.8, 4) is 11.3 Å². The molecule has 338 valence electrons. The van der Waals surface area contributed by atoms with Crippen LogP contribution in [0, 0.1) is 0 Å². The number of nitrogens with two attached hydrogens (primary N) is 1. The van der Waals surface area contributed by atoms with Crippen LogP contribution in [0.3, 0.4) is 0 Å². The number of fused-ring (bicyclic) bond motifs is 1. The summed E-state index contributed by atoms with van der Waals surface area (Å²) in [5.74, 6) is -1.21. The Morgan fingerprint density at radius 3 is 1.98 bits per heavy atom. The number of nitrogens with one attached hydrogen (secondary N) is 2. The lowest BCUT2D eigenvalue weighted by Crippen LogP contribution is -2.40. The molecule has 0 aliphatic carbocycles. The van der Waals surface area contributed by atoms with Crippen LogP contribution < -0.4 is 21.8 Å². The lowest BCUT2D eigenvalue weighted by atomic mass is 9.80. The fourth-order valence-corrected chi connectivity index (χ4v) is 7.30. The molecule has 6 aromatic rings. The summed E-state index contributed by atoms with van der Waals surface area (Å²) in [6, 6.07) is 18.3. The maximum atomic E-state index is 13.1. The van der Waals surface area contributed by atoms with Gasteiger partial charge in [0.25, 0.3) is 11.8 Å². The van der Waals surface area contributed by atoms with Crippen LogP contribution in [0.1, 0.15) is 61.9 Å². The second kappa shape index (κ2) is 20.1. The maximum Gasteiger partial charge on any atom is 0.488 e. The lowest BCUT2D eigenvalue weighted by molar-refractivity contribution is -0.138. The lowest BCUT2D eigenvalue weighted by Gasteiger charge is -2.32. The summed E-state index contributed by atoms with van der Waals surface area (Å²) in [5.41, 5.74) is 7.55. The molecule has 22 heteroatoms. The van der Waals surface area contributed by atoms with E-state index < -0.39 is 42.4 Å². The van der Waals surface area contributed by atoms with E-state index in [-0.39, 0.29) is 52.0 Å². The first-order chi connectivity index (χ1) is 30.7. The molecule has 4 aromatic carbocycles. The molecule has 1 aliphatic rings. The first-order valence-electron chi connectivity index (χ1n) is 19.5. The number of anilines is 1. The number of halogens is 8. The Hall–Kier alpha value is -6.48. The number of carbonyl (C=O) groups excluding carboxylic acids is 3. The van der Waals surface area contributed by atoms with Gasteiger partial charge in [-0.25, -0.2) is 14.6 Å². The standard InChI is InChI=1S/C28H25ClF3N7O2.C15H12BClF3NO3/c1-2-22(40)38-11-3-4-19(14-38)39-26-23(25(33)35-15-36-26)24(37-39)17-7-5-16(6-8-17)13-34-27(41)20-12-18(28(30,31)32)9-10-21(20)29;17-13-7-10(15(18,19)20)3-6-12(13)14(22)21-8-9-1-4-11(5-2-9)16(23)24/h2,5-10,12,15,19H,1,3-4,11,13-14H2,(H,34,41)(H2,33,35,36);1-7,23-24H,8H2,(H,21,22)/t19-;/m1./s1. The van der Waals surface area contributed by atoms with Crippen LogP contribution in [-0.2, 0) is 30.2 Å². The molecule has 7 rings (SSSR count). The largest absolute Gasteiger partial charge is 0.488 e. The highest BCUT2D eigenvalue weighted by molar-refractivity contribution is 6.58. The Morgan fingerprint density at radius 2 is 1.40 bits per heavy atom. The van der Waals surface area contributed by atoms with Crippen LogP contribution in [0.5, 0.6) is 0 Å². The molecule has 13 nitrogen and oxygen atoms in total. The van der Waals surface area contributed by atoms with Gasteiger partial charge in [-0.15, -0.1) is 0 Å². The van der Waals surface area contributed by atoms with Gasteiger partial charge in [-0.1, -0.05) is 78.3 Å². The summed E-state index contributed by atoms with van der Waals surface area (Å²) in [7, 11) is -1.58. The molecule has 2 aromatic heterocycles. The zero-order chi connectivity index (χ0) is 47.2. The predicted octanol–water partition coefficient (Wildman–Crippen LogP) is 7.00. The number of hydrogen-bond acceptors (Lipinski definition) is 9. The van der Waals surface area contributed by atoms with Gasteiger partial charge < -0.3 is 31.3 Å². The average Bonchev–Trinajstić information content (AvgIpc) is 3.68. The molecule has 1 fully saturated rings. The zero-order valence-corrected chi connectivity index (χ0v) is 35.3. The fraction of sp³-hybridized carbons (Fsp3) is 0.209. The van der Waals surface area contributed by atoms with E-state index in [9.17, 15) is 40.7 Å². The number of alkyl halides is 6. The normalized spacial score (nSPS) is 14.0. The number of benzene rings is 4. The third kappa shape index (κ3) is 11.6. The topological polar surface area (TPSA) is 189 Å². The molecule has 0 bridgehead atoms. The van der Waals surface area contributed by atoms with Gasteiger partial charge in [-0.2, -0.15) is 31.4 Å². The Bertz CT molecular complexity index is 2720. The van der Waals surface area contributed by atoms with Gasteiger partial charge in [0.2, 0.25) is 5.91 Å². The van der Waals surface area contributed by atoms with Crippen molar-refractivity contribution in [3.63, 3.8) is 0 Å². The van der Waals surface area contributed by atoms with Gasteiger partial charge in [0, 0.05) is 31.7 Å². The molecule has 65 heavy (non-hydrogen) atoms. The minimum Gasteiger partial charge on any atom is -0.423 e. The number of amides is 3. The van der Waals surface area contributed by atoms with Crippen molar-refractivity contribution in [1.29, 1.82) is 0 Å². The van der Waals surface area contributed by atoms with Crippen molar-refractivity contribution in [3.05, 3.63) is 147 Å². The molecule has 1 aliphatic heterocycles. The summed E-state index contributed by atoms with van der Waals surface area (Å²) in [4.78, 5) is 47.1. The Labute approximate surface area is 377 Å². The number of nitrogens with zero attached hydrogens (tertiary/aromatic N) is 5. The number of nitrogen functional groups attached to an aromatic ring is 1. The average molecular weight is 942 g/mol. The van der Waals surface area contributed by atoms with Crippen molar-refractivity contribution in [2.75, 3.05) is 18.8 Å². The van der Waals surface area contributed by atoms with Gasteiger partial charge in [0.15, 0.2) is 5.65 Å². The molecule has 3 heterocycles. The van der Waals surface area contributed by atoms with Crippen LogP contribution >= 0.6 is 23.2 Å². The number of likely N-dealkylation sites (tertiary alicyclic amines) is 1. The van der Waals surface area contributed by atoms with Crippen LogP contribution in [0.15, 0.2) is 104 Å². The fourth-order valence-electron chi connectivity index (χ4n) is 6.83. The van der Waals surface area contributed by atoms with Crippen LogP contribution in [0.2, 0.25) is 10.0 Å². The van der Waals surface area contributed by atoms with E-state index in [1.807, 2.05) is 0 Å². The molecule has 0 saturated carbocycles. The molecular formula is C43H37BCl2F6N8O5. The Kier molecular flexibility index (Phi) is 14.9. The second-order valence-electron chi connectivity index (χ2n) is 14.6. The number of piperidine rings is 1. The molecule has 3 amide bonds. The summed E-state index contributed by atoms with van der Waals surface area (Å²) < 4.78 is 78.7. The SMILES string of the molecule is C=CC(=O)N1CCC[C@@H](n2nc(-c3ccc(CNC(=O)c4cc(C(F)(F)F)ccc4Cl)cc3)c3c(N)ncnc32)C1.O=C(NCc1ccc(B(O)O)cc1)c1ccc(C(F)(F)F)cc1Cl. The predicted molar refractivity (Wildman–Crippen MR) is 232 cm³/mol. The maximum absolute atomic E-state index is 13.1. The monoisotopic (exact) mass is 940 g/mol. The number of rotatable bonds is 10. The first kappa shape index (κ1) is 48.0. The Morgan fingerprint density at radius 1 is 0.815 bits per heavy atom. The summed E-state index contributed by atoms with van der Waals surface area (Å²) in [6.45, 7) is 4.84. The number of aromatic nitrogens is 4. The smallest absolute Gasteiger partial charge is 0.423 e.